The topological polar surface area (TPSA) is 322 Å². The lowest BCUT2D eigenvalue weighted by molar-refractivity contribution is 0.0988. The number of rotatable bonds is 13. The van der Waals surface area contributed by atoms with E-state index >= 15 is 0 Å². The van der Waals surface area contributed by atoms with E-state index in [-0.39, 0.29) is 50.4 Å². The zero-order valence-corrected chi connectivity index (χ0v) is 36.5. The predicted octanol–water partition coefficient (Wildman–Crippen LogP) is 6.16. The summed E-state index contributed by atoms with van der Waals surface area (Å²) in [6.07, 6.45) is -0.0438. The highest BCUT2D eigenvalue weighted by Crippen LogP contribution is 2.37. The van der Waals surface area contributed by atoms with Gasteiger partial charge in [-0.1, -0.05) is 48.5 Å². The average Bonchev–Trinajstić information content (AvgIpc) is 3.25. The van der Waals surface area contributed by atoms with Crippen LogP contribution in [-0.4, -0.2) is 75.4 Å². The fourth-order valence-corrected chi connectivity index (χ4v) is 9.58. The van der Waals surface area contributed by atoms with Gasteiger partial charge < -0.3 is 16.0 Å². The van der Waals surface area contributed by atoms with Crippen LogP contribution >= 0.6 is 0 Å². The van der Waals surface area contributed by atoms with Crippen LogP contribution in [0.4, 0.5) is 17.1 Å². The van der Waals surface area contributed by atoms with E-state index in [1.165, 1.54) is 78.9 Å². The smallest absolute Gasteiger partial charge is 0.295 e. The molecule has 0 spiro atoms. The molecule has 3 amide bonds. The van der Waals surface area contributed by atoms with Crippen molar-refractivity contribution < 1.29 is 71.1 Å². The maximum atomic E-state index is 13.3. The number of amides is 3. The van der Waals surface area contributed by atoms with Crippen molar-refractivity contribution in [3.8, 4) is 0 Å². The molecule has 0 saturated carbocycles. The molecule has 0 bridgehead atoms. The number of ketones is 1. The van der Waals surface area contributed by atoms with Crippen LogP contribution in [0, 0.1) is 0 Å². The van der Waals surface area contributed by atoms with Crippen molar-refractivity contribution in [1.82, 2.24) is 0 Å². The lowest BCUT2D eigenvalue weighted by atomic mass is 10.0. The van der Waals surface area contributed by atoms with Gasteiger partial charge in [-0.05, 0) is 90.5 Å². The molecule has 0 saturated heterocycles. The molecule has 0 fully saturated rings. The lowest BCUT2D eigenvalue weighted by Crippen LogP contribution is -2.15. The van der Waals surface area contributed by atoms with E-state index in [0.717, 1.165) is 12.1 Å². The second-order valence-electron chi connectivity index (χ2n) is 14.3. The molecule has 0 atom stereocenters. The maximum Gasteiger partial charge on any atom is 0.295 e. The van der Waals surface area contributed by atoms with E-state index in [4.69, 9.17) is 0 Å². The van der Waals surface area contributed by atoms with Gasteiger partial charge in [0.15, 0.2) is 5.78 Å². The van der Waals surface area contributed by atoms with Crippen molar-refractivity contribution in [2.45, 2.75) is 26.0 Å². The van der Waals surface area contributed by atoms with E-state index in [2.05, 4.69) is 16.0 Å². The van der Waals surface area contributed by atoms with E-state index in [0.29, 0.717) is 28.8 Å². The Labute approximate surface area is 375 Å². The monoisotopic (exact) mass is 973 g/mol. The van der Waals surface area contributed by atoms with E-state index in [1.54, 1.807) is 30.3 Å². The minimum atomic E-state index is -5.36. The quantitative estimate of drug-likeness (QED) is 0.0502. The Kier molecular flexibility index (Phi) is 12.5. The number of hydrogen-bond acceptors (Lipinski definition) is 12. The Morgan fingerprint density at radius 1 is 0.409 bits per heavy atom. The van der Waals surface area contributed by atoms with Crippen molar-refractivity contribution in [3.05, 3.63) is 161 Å². The molecule has 0 aliphatic carbocycles. The second-order valence-corrected chi connectivity index (χ2v) is 19.9. The summed E-state index contributed by atoms with van der Waals surface area (Å²) in [7, 11) is -20.2. The molecule has 7 rings (SSSR count). The molecule has 0 heterocycles. The number of hydrogen-bond donors (Lipinski definition) is 7. The first-order valence-corrected chi connectivity index (χ1v) is 24.4. The summed E-state index contributed by atoms with van der Waals surface area (Å²) in [5.41, 5.74) is 1.28. The van der Waals surface area contributed by atoms with Crippen molar-refractivity contribution in [3.63, 3.8) is 0 Å². The molecule has 0 aliphatic heterocycles. The number of benzene rings is 7. The highest BCUT2D eigenvalue weighted by molar-refractivity contribution is 7.87. The molecule has 338 valence electrons. The first-order valence-electron chi connectivity index (χ1n) is 18.7. The third kappa shape index (κ3) is 10.2. The normalized spacial score (nSPS) is 12.1. The third-order valence-corrected chi connectivity index (χ3v) is 13.5. The Morgan fingerprint density at radius 2 is 0.848 bits per heavy atom. The summed E-state index contributed by atoms with van der Waals surface area (Å²) in [5, 5.41) is 6.81. The van der Waals surface area contributed by atoms with Crippen molar-refractivity contribution in [2.75, 3.05) is 16.0 Å². The zero-order valence-electron chi connectivity index (χ0n) is 33.2. The van der Waals surface area contributed by atoms with Crippen LogP contribution in [0.15, 0.2) is 153 Å². The Balaban J connectivity index is 0.988. The number of anilines is 3. The number of carbonyl (C=O) groups excluding carboxylic acids is 4. The molecular formula is C43H31N3O16S4. The predicted molar refractivity (Wildman–Crippen MR) is 238 cm³/mol. The van der Waals surface area contributed by atoms with Crippen molar-refractivity contribution in [2.24, 2.45) is 0 Å². The molecule has 0 radical (unpaired) electrons. The van der Waals surface area contributed by atoms with Crippen LogP contribution in [-0.2, 0) is 46.9 Å². The van der Waals surface area contributed by atoms with Gasteiger partial charge in [0, 0.05) is 61.6 Å². The van der Waals surface area contributed by atoms with Gasteiger partial charge in [-0.15, -0.1) is 0 Å². The molecule has 0 unspecified atom stereocenters. The molecule has 23 heteroatoms. The van der Waals surface area contributed by atoms with Gasteiger partial charge in [0.1, 0.15) is 14.7 Å². The SMILES string of the molecule is O=C(Cc1ccc(C(=O)Nc2ccc(S(=O)(=O)O)c3ccccc23)cc1)c1ccc(C(=O)Nc2ccc(C(=O)Nc3ccc(S(=O)(=O)O)c4cc(S(=O)(=O)O)cc(S(=O)(=O)O)c34)cc2)cc1. The Hall–Kier alpha value is -7.22. The summed E-state index contributed by atoms with van der Waals surface area (Å²) < 4.78 is 135. The Bertz CT molecular complexity index is 3640. The summed E-state index contributed by atoms with van der Waals surface area (Å²) in [5.74, 6) is -2.31. The van der Waals surface area contributed by atoms with Gasteiger partial charge in [-0.2, -0.15) is 33.7 Å². The van der Waals surface area contributed by atoms with Gasteiger partial charge in [0.25, 0.3) is 58.2 Å². The molecule has 0 aromatic heterocycles. The van der Waals surface area contributed by atoms with Gasteiger partial charge >= 0.3 is 0 Å². The van der Waals surface area contributed by atoms with Gasteiger partial charge in [0.05, 0.1) is 10.6 Å². The van der Waals surface area contributed by atoms with Crippen LogP contribution < -0.4 is 16.0 Å². The van der Waals surface area contributed by atoms with Crippen LogP contribution in [0.1, 0.15) is 47.0 Å². The van der Waals surface area contributed by atoms with Crippen molar-refractivity contribution >= 4 is 103 Å². The first kappa shape index (κ1) is 46.8. The van der Waals surface area contributed by atoms with Crippen LogP contribution in [0.25, 0.3) is 21.5 Å². The molecule has 19 nitrogen and oxygen atoms in total. The largest absolute Gasteiger partial charge is 0.322 e. The van der Waals surface area contributed by atoms with Crippen LogP contribution in [0.5, 0.6) is 0 Å². The molecule has 7 aromatic rings. The van der Waals surface area contributed by atoms with Crippen LogP contribution in [0.3, 0.4) is 0 Å². The fraction of sp³-hybridized carbons (Fsp3) is 0.0233. The standard InChI is InChI=1S/C43H31N3O16S4/c47-36(21-24-5-7-26(8-6-24)42(49)45-34-17-19-37(64(54,55)56)32-4-2-1-3-31(32)34)25-9-11-27(12-10-25)41(48)44-29-15-13-28(14-16-29)43(50)46-35-18-20-38(65(57,58)59)33-22-30(63(51,52)53)23-39(40(33)35)66(60,61)62/h1-20,22-23H,21H2,(H,44,48)(H,45,49)(H,46,50)(H,51,52,53)(H,54,55,56)(H,57,58,59)(H,60,61,62). The summed E-state index contributed by atoms with van der Waals surface area (Å²) in [6.45, 7) is 0. The first-order chi connectivity index (χ1) is 30.9. The molecule has 0 aliphatic rings. The zero-order chi connectivity index (χ0) is 47.9. The molecule has 7 N–H and O–H groups in total. The molecular weight excluding hydrogens is 943 g/mol. The third-order valence-electron chi connectivity index (χ3n) is 9.98. The fourth-order valence-electron chi connectivity index (χ4n) is 6.85. The minimum Gasteiger partial charge on any atom is -0.322 e. The summed E-state index contributed by atoms with van der Waals surface area (Å²) in [4.78, 5) is 48.9. The van der Waals surface area contributed by atoms with Crippen molar-refractivity contribution in [1.29, 1.82) is 0 Å². The van der Waals surface area contributed by atoms with Gasteiger partial charge in [0.2, 0.25) is 0 Å². The van der Waals surface area contributed by atoms with E-state index in [9.17, 15) is 71.1 Å². The van der Waals surface area contributed by atoms with E-state index < -0.39 is 89.3 Å². The minimum absolute atomic E-state index is 0.0438. The highest BCUT2D eigenvalue weighted by Gasteiger charge is 2.27. The number of fused-ring (bicyclic) bond motifs is 2. The molecule has 7 aromatic carbocycles. The maximum absolute atomic E-state index is 13.3. The average molecular weight is 974 g/mol. The highest BCUT2D eigenvalue weighted by atomic mass is 32.2. The second kappa shape index (κ2) is 17.6. The summed E-state index contributed by atoms with van der Waals surface area (Å²) >= 11 is 0. The van der Waals surface area contributed by atoms with E-state index in [1.807, 2.05) is 0 Å². The van der Waals surface area contributed by atoms with Gasteiger partial charge in [-0.25, -0.2) is 0 Å². The van der Waals surface area contributed by atoms with Crippen LogP contribution in [0.2, 0.25) is 0 Å². The molecule has 66 heavy (non-hydrogen) atoms. The number of Topliss-reactive ketones (excluding diaryl/α,β-unsaturated/α-hetero) is 1. The number of carbonyl (C=O) groups is 4. The van der Waals surface area contributed by atoms with Gasteiger partial charge in [-0.3, -0.25) is 37.4 Å². The lowest BCUT2D eigenvalue weighted by Gasteiger charge is -2.15. The Morgan fingerprint density at radius 3 is 1.38 bits per heavy atom. The number of nitrogens with one attached hydrogen (secondary N) is 3. The summed E-state index contributed by atoms with van der Waals surface area (Å²) in [6, 6.07) is 28.5.